The van der Waals surface area contributed by atoms with Crippen LogP contribution < -0.4 is 11.1 Å². The Bertz CT molecular complexity index is 1780. The minimum absolute atomic E-state index is 0.171. The molecular weight excluding hydrogens is 624 g/mol. The summed E-state index contributed by atoms with van der Waals surface area (Å²) in [4.78, 5) is 31.6. The molecule has 48 heavy (non-hydrogen) atoms. The number of carboxylic acid groups (broad SMARTS) is 1. The molecule has 2 heterocycles. The van der Waals surface area contributed by atoms with E-state index < -0.39 is 24.2 Å². The number of hydrogen-bond acceptors (Lipinski definition) is 6. The van der Waals surface area contributed by atoms with Crippen LogP contribution in [0.5, 0.6) is 0 Å². The van der Waals surface area contributed by atoms with Crippen molar-refractivity contribution in [3.8, 4) is 0 Å². The number of fused-ring (bicyclic) bond motifs is 2. The van der Waals surface area contributed by atoms with E-state index in [4.69, 9.17) is 27.4 Å². The zero-order chi connectivity index (χ0) is 33.6. The number of pyridine rings is 1. The van der Waals surface area contributed by atoms with E-state index in [2.05, 4.69) is 28.4 Å². The molecule has 0 radical (unpaired) electrons. The maximum Gasteiger partial charge on any atom is 0.320 e. The van der Waals surface area contributed by atoms with Crippen LogP contribution in [0.1, 0.15) is 56.7 Å². The molecule has 5 N–H and O–H groups in total. The highest BCUT2D eigenvalue weighted by Gasteiger charge is 2.29. The van der Waals surface area contributed by atoms with E-state index in [0.717, 1.165) is 60.6 Å². The minimum atomic E-state index is -1.07. The third-order valence-corrected chi connectivity index (χ3v) is 9.69. The number of amides is 1. The summed E-state index contributed by atoms with van der Waals surface area (Å²) in [6.07, 6.45) is 5.26. The first-order valence-corrected chi connectivity index (χ1v) is 16.9. The molecule has 1 fully saturated rings. The lowest BCUT2D eigenvalue weighted by molar-refractivity contribution is -0.138. The summed E-state index contributed by atoms with van der Waals surface area (Å²) in [5.41, 5.74) is 15.2. The van der Waals surface area contributed by atoms with Crippen molar-refractivity contribution in [3.63, 3.8) is 0 Å². The average Bonchev–Trinajstić information content (AvgIpc) is 3.25. The van der Waals surface area contributed by atoms with Crippen LogP contribution in [-0.4, -0.2) is 69.8 Å². The van der Waals surface area contributed by atoms with Gasteiger partial charge in [-0.05, 0) is 96.7 Å². The molecule has 1 saturated heterocycles. The van der Waals surface area contributed by atoms with Gasteiger partial charge in [0.05, 0.1) is 17.8 Å². The molecule has 3 atom stereocenters. The lowest BCUT2D eigenvalue weighted by Gasteiger charge is -2.34. The summed E-state index contributed by atoms with van der Waals surface area (Å²) < 4.78 is 0. The van der Waals surface area contributed by atoms with Crippen molar-refractivity contribution in [3.05, 3.63) is 141 Å². The van der Waals surface area contributed by atoms with Crippen LogP contribution in [0, 0.1) is 0 Å². The number of hydrogen-bond donors (Lipinski definition) is 4. The fraction of sp³-hybridized carbons (Fsp3) is 0.308. The Kier molecular flexibility index (Phi) is 10.7. The van der Waals surface area contributed by atoms with Crippen molar-refractivity contribution in [1.29, 1.82) is 0 Å². The molecule has 1 aromatic heterocycles. The van der Waals surface area contributed by atoms with E-state index in [1.165, 1.54) is 27.8 Å². The number of aromatic nitrogens is 1. The van der Waals surface area contributed by atoms with Crippen molar-refractivity contribution >= 4 is 29.1 Å². The number of aliphatic carboxylic acids is 1. The molecule has 4 aromatic rings. The maximum atomic E-state index is 13.4. The van der Waals surface area contributed by atoms with Gasteiger partial charge < -0.3 is 26.2 Å². The van der Waals surface area contributed by atoms with Crippen LogP contribution in [0.3, 0.4) is 0 Å². The number of carbonyl (C=O) groups excluding carboxylic acids is 1. The van der Waals surface area contributed by atoms with Gasteiger partial charge in [-0.1, -0.05) is 71.8 Å². The fourth-order valence-corrected chi connectivity index (χ4v) is 7.01. The second kappa shape index (κ2) is 15.3. The summed E-state index contributed by atoms with van der Waals surface area (Å²) in [6.45, 7) is 1.99. The quantitative estimate of drug-likeness (QED) is 0.186. The molecule has 6 rings (SSSR count). The number of rotatable bonds is 10. The number of halogens is 1. The molecule has 0 bridgehead atoms. The second-order valence-electron chi connectivity index (χ2n) is 12.8. The number of benzene rings is 3. The van der Waals surface area contributed by atoms with Crippen LogP contribution in [-0.2, 0) is 30.5 Å². The molecule has 0 unspecified atom stereocenters. The van der Waals surface area contributed by atoms with Crippen LogP contribution in [0.2, 0.25) is 5.02 Å². The second-order valence-corrected chi connectivity index (χ2v) is 13.2. The molecule has 2 aliphatic rings. The number of nitrogens with two attached hydrogens (primary N) is 1. The van der Waals surface area contributed by atoms with Gasteiger partial charge in [0.25, 0.3) is 5.91 Å². The highest BCUT2D eigenvalue weighted by molar-refractivity contribution is 6.30. The fourth-order valence-electron chi connectivity index (χ4n) is 6.82. The van der Waals surface area contributed by atoms with Gasteiger partial charge in [-0.2, -0.15) is 0 Å². The Hall–Kier alpha value is -4.34. The normalized spacial score (nSPS) is 16.6. The largest absolute Gasteiger partial charge is 0.480 e. The Morgan fingerprint density at radius 3 is 2.31 bits per heavy atom. The average molecular weight is 665 g/mol. The van der Waals surface area contributed by atoms with E-state index in [1.807, 2.05) is 48.7 Å². The summed E-state index contributed by atoms with van der Waals surface area (Å²) in [7, 11) is 0. The van der Waals surface area contributed by atoms with E-state index >= 15 is 0 Å². The van der Waals surface area contributed by atoms with Gasteiger partial charge in [0, 0.05) is 42.0 Å². The van der Waals surface area contributed by atoms with Gasteiger partial charge in [-0.25, -0.2) is 0 Å². The number of carboxylic acids is 1. The van der Waals surface area contributed by atoms with Gasteiger partial charge in [-0.3, -0.25) is 14.6 Å². The molecule has 248 valence electrons. The number of nitrogens with one attached hydrogen (secondary N) is 1. The highest BCUT2D eigenvalue weighted by Crippen LogP contribution is 2.38. The lowest BCUT2D eigenvalue weighted by Crippen LogP contribution is -2.50. The molecule has 9 heteroatoms. The van der Waals surface area contributed by atoms with Crippen molar-refractivity contribution in [2.24, 2.45) is 5.73 Å². The Morgan fingerprint density at radius 1 is 0.875 bits per heavy atom. The molecule has 8 nitrogen and oxygen atoms in total. The van der Waals surface area contributed by atoms with Gasteiger partial charge in [0.15, 0.2) is 0 Å². The van der Waals surface area contributed by atoms with E-state index in [9.17, 15) is 14.7 Å². The molecule has 0 saturated carbocycles. The van der Waals surface area contributed by atoms with Crippen molar-refractivity contribution < 1.29 is 19.8 Å². The lowest BCUT2D eigenvalue weighted by atomic mass is 9.88. The molecule has 1 aliphatic carbocycles. The summed E-state index contributed by atoms with van der Waals surface area (Å²) in [5, 5.41) is 24.5. The summed E-state index contributed by atoms with van der Waals surface area (Å²) in [6, 6.07) is 25.4. The number of carbonyl (C=O) groups is 2. The Balaban J connectivity index is 1.16. The number of nitrogens with zero attached hydrogens (tertiary/aromatic N) is 2. The smallest absolute Gasteiger partial charge is 0.320 e. The van der Waals surface area contributed by atoms with Gasteiger partial charge in [0.1, 0.15) is 6.04 Å². The van der Waals surface area contributed by atoms with Crippen molar-refractivity contribution in [1.82, 2.24) is 15.2 Å². The Morgan fingerprint density at radius 2 is 1.58 bits per heavy atom. The predicted molar refractivity (Wildman–Crippen MR) is 188 cm³/mol. The van der Waals surface area contributed by atoms with Crippen molar-refractivity contribution in [2.45, 2.75) is 56.7 Å². The number of aliphatic hydroxyl groups excluding tert-OH is 1. The first kappa shape index (κ1) is 33.6. The van der Waals surface area contributed by atoms with Crippen molar-refractivity contribution in [2.75, 3.05) is 19.6 Å². The van der Waals surface area contributed by atoms with Gasteiger partial charge >= 0.3 is 5.97 Å². The topological polar surface area (TPSA) is 129 Å². The van der Waals surface area contributed by atoms with Gasteiger partial charge in [-0.15, -0.1) is 0 Å². The van der Waals surface area contributed by atoms with Gasteiger partial charge in [0.2, 0.25) is 0 Å². The van der Waals surface area contributed by atoms with E-state index in [-0.39, 0.29) is 12.3 Å². The third-order valence-electron chi connectivity index (χ3n) is 9.46. The van der Waals surface area contributed by atoms with E-state index in [1.54, 1.807) is 24.3 Å². The number of aliphatic hydroxyl groups is 1. The Labute approximate surface area is 286 Å². The number of piperidine rings is 1. The minimum Gasteiger partial charge on any atom is -0.480 e. The summed E-state index contributed by atoms with van der Waals surface area (Å²) in [5.74, 6) is -1.37. The SMILES string of the molecule is N[C@@H](Cc1ccc(C(=O)N[C@@H](Cc2ccccc2)[C@H](O)CN2CCC(=C3c4ccc(Cl)cc4CCc4cccnc43)CC2)cc1)C(=O)O. The molecule has 1 amide bonds. The monoisotopic (exact) mass is 664 g/mol. The molecule has 3 aromatic carbocycles. The molecule has 1 aliphatic heterocycles. The third kappa shape index (κ3) is 8.02. The first-order chi connectivity index (χ1) is 23.2. The van der Waals surface area contributed by atoms with Crippen LogP contribution in [0.15, 0.2) is 96.7 Å². The van der Waals surface area contributed by atoms with E-state index in [0.29, 0.717) is 18.5 Å². The van der Waals surface area contributed by atoms with Crippen LogP contribution in [0.25, 0.3) is 5.57 Å². The van der Waals surface area contributed by atoms with Crippen LogP contribution in [0.4, 0.5) is 0 Å². The van der Waals surface area contributed by atoms with Crippen LogP contribution >= 0.6 is 11.6 Å². The first-order valence-electron chi connectivity index (χ1n) is 16.5. The molecular formula is C39H41ClN4O4. The molecule has 0 spiro atoms. The number of β-amino-alcohol motifs (C(OH)–C–C–N with tert-alkyl or cyclic N) is 1. The zero-order valence-corrected chi connectivity index (χ0v) is 27.6. The highest BCUT2D eigenvalue weighted by atomic mass is 35.5. The zero-order valence-electron chi connectivity index (χ0n) is 26.8. The number of likely N-dealkylation sites (tertiary alicyclic amines) is 1. The number of aryl methyl sites for hydroxylation is 2. The predicted octanol–water partition coefficient (Wildman–Crippen LogP) is 5.09. The summed E-state index contributed by atoms with van der Waals surface area (Å²) >= 11 is 6.41. The standard InChI is InChI=1S/C39H41ClN4O4/c40-31-14-15-32-30(23-31)13-12-28-7-4-18-42-37(28)36(32)27-16-19-44(20-17-27)24-35(45)34(22-25-5-2-1-3-6-25)43-38(46)29-10-8-26(9-11-29)21-33(41)39(47)48/h1-11,14-15,18,23,33-35,45H,12-13,16-17,19-22,24,41H2,(H,43,46)(H,47,48)/t33-,34-,35+/m0/s1. The maximum absolute atomic E-state index is 13.4.